The first-order valence-electron chi connectivity index (χ1n) is 5.32. The quantitative estimate of drug-likeness (QED) is 0.799. The number of nitrogen functional groups attached to an aromatic ring is 1. The van der Waals surface area contributed by atoms with Crippen LogP contribution in [0.5, 0.6) is 0 Å². The number of benzene rings is 1. The first kappa shape index (κ1) is 12.4. The molecular formula is C12H12ClN3O2. The van der Waals surface area contributed by atoms with Gasteiger partial charge in [0, 0.05) is 28.0 Å². The van der Waals surface area contributed by atoms with E-state index < -0.39 is 5.69 Å². The van der Waals surface area contributed by atoms with E-state index in [-0.39, 0.29) is 12.1 Å². The third-order valence-corrected chi connectivity index (χ3v) is 3.03. The number of nitrogens with one attached hydrogen (secondary N) is 1. The highest BCUT2D eigenvalue weighted by atomic mass is 35.5. The summed E-state index contributed by atoms with van der Waals surface area (Å²) in [6, 6.07) is 5.16. The van der Waals surface area contributed by atoms with E-state index in [0.29, 0.717) is 21.8 Å². The maximum atomic E-state index is 11.6. The van der Waals surface area contributed by atoms with Crippen LogP contribution in [0, 0.1) is 6.92 Å². The van der Waals surface area contributed by atoms with Gasteiger partial charge < -0.3 is 5.73 Å². The van der Waals surface area contributed by atoms with Gasteiger partial charge in [-0.25, -0.2) is 4.79 Å². The largest absolute Gasteiger partial charge is 0.398 e. The van der Waals surface area contributed by atoms with E-state index in [2.05, 4.69) is 4.98 Å². The van der Waals surface area contributed by atoms with E-state index in [1.165, 1.54) is 10.8 Å². The molecule has 0 aliphatic heterocycles. The number of halogens is 1. The molecule has 3 N–H and O–H groups in total. The Morgan fingerprint density at radius 1 is 1.39 bits per heavy atom. The minimum Gasteiger partial charge on any atom is -0.398 e. The Hall–Kier alpha value is -2.01. The lowest BCUT2D eigenvalue weighted by Crippen LogP contribution is -2.31. The van der Waals surface area contributed by atoms with Crippen LogP contribution in [-0.2, 0) is 6.54 Å². The second-order valence-corrected chi connectivity index (χ2v) is 4.41. The zero-order valence-corrected chi connectivity index (χ0v) is 10.5. The molecule has 0 amide bonds. The Bertz CT molecular complexity index is 683. The van der Waals surface area contributed by atoms with Crippen LogP contribution in [0.25, 0.3) is 0 Å². The first-order chi connectivity index (χ1) is 8.49. The van der Waals surface area contributed by atoms with Crippen molar-refractivity contribution in [3.63, 3.8) is 0 Å². The summed E-state index contributed by atoms with van der Waals surface area (Å²) in [7, 11) is 0. The van der Waals surface area contributed by atoms with Crippen LogP contribution in [0.4, 0.5) is 5.69 Å². The van der Waals surface area contributed by atoms with Crippen LogP contribution >= 0.6 is 11.6 Å². The highest BCUT2D eigenvalue weighted by molar-refractivity contribution is 6.31. The lowest BCUT2D eigenvalue weighted by atomic mass is 10.2. The number of nitrogens with zero attached hydrogens (tertiary/aromatic N) is 1. The molecule has 1 aromatic carbocycles. The van der Waals surface area contributed by atoms with Gasteiger partial charge in [-0.05, 0) is 19.1 Å². The summed E-state index contributed by atoms with van der Waals surface area (Å²) in [6.45, 7) is 1.85. The van der Waals surface area contributed by atoms with Crippen molar-refractivity contribution in [1.29, 1.82) is 0 Å². The molecule has 6 heteroatoms. The van der Waals surface area contributed by atoms with E-state index in [4.69, 9.17) is 17.3 Å². The lowest BCUT2D eigenvalue weighted by Gasteiger charge is -2.10. The first-order valence-corrected chi connectivity index (χ1v) is 5.70. The van der Waals surface area contributed by atoms with Gasteiger partial charge in [0.2, 0.25) is 0 Å². The summed E-state index contributed by atoms with van der Waals surface area (Å²) < 4.78 is 1.37. The molecule has 5 nitrogen and oxygen atoms in total. The van der Waals surface area contributed by atoms with Crippen LogP contribution in [-0.4, -0.2) is 9.55 Å². The molecular weight excluding hydrogens is 254 g/mol. The van der Waals surface area contributed by atoms with Crippen molar-refractivity contribution in [1.82, 2.24) is 9.55 Å². The molecule has 0 aliphatic rings. The van der Waals surface area contributed by atoms with Crippen molar-refractivity contribution >= 4 is 17.3 Å². The number of aromatic nitrogens is 2. The van der Waals surface area contributed by atoms with E-state index >= 15 is 0 Å². The van der Waals surface area contributed by atoms with Crippen LogP contribution in [0.3, 0.4) is 0 Å². The Balaban J connectivity index is 2.50. The van der Waals surface area contributed by atoms with Crippen molar-refractivity contribution < 1.29 is 0 Å². The van der Waals surface area contributed by atoms with Crippen LogP contribution in [0.15, 0.2) is 34.0 Å². The standard InChI is InChI=1S/C12H12ClN3O2/c1-7-5-16(12(18)15-11(7)17)6-8-9(13)3-2-4-10(8)14/h2-5H,6,14H2,1H3,(H,15,17,18). The van der Waals surface area contributed by atoms with Crippen LogP contribution in [0.2, 0.25) is 5.02 Å². The number of rotatable bonds is 2. The molecule has 1 heterocycles. The molecule has 0 radical (unpaired) electrons. The summed E-state index contributed by atoms with van der Waals surface area (Å²) in [4.78, 5) is 25.1. The van der Waals surface area contributed by atoms with Crippen molar-refractivity contribution in [2.75, 3.05) is 5.73 Å². The third kappa shape index (κ3) is 2.31. The minimum absolute atomic E-state index is 0.224. The van der Waals surface area contributed by atoms with E-state index in [1.807, 2.05) is 0 Å². The Morgan fingerprint density at radius 3 is 2.78 bits per heavy atom. The summed E-state index contributed by atoms with van der Waals surface area (Å²) in [5, 5.41) is 0.491. The highest BCUT2D eigenvalue weighted by Crippen LogP contribution is 2.22. The predicted octanol–water partition coefficient (Wildman–Crippen LogP) is 1.13. The number of hydrogen-bond acceptors (Lipinski definition) is 3. The summed E-state index contributed by atoms with van der Waals surface area (Å²) in [5.41, 5.74) is 6.58. The van der Waals surface area contributed by atoms with E-state index in [9.17, 15) is 9.59 Å². The molecule has 0 saturated heterocycles. The number of H-pyrrole nitrogens is 1. The van der Waals surface area contributed by atoms with Gasteiger partial charge in [0.15, 0.2) is 0 Å². The van der Waals surface area contributed by atoms with Crippen molar-refractivity contribution in [3.8, 4) is 0 Å². The van der Waals surface area contributed by atoms with Gasteiger partial charge in [0.25, 0.3) is 5.56 Å². The summed E-state index contributed by atoms with van der Waals surface area (Å²) in [5.74, 6) is 0. The molecule has 0 bridgehead atoms. The van der Waals surface area contributed by atoms with Gasteiger partial charge in [-0.2, -0.15) is 0 Å². The molecule has 0 fully saturated rings. The average molecular weight is 266 g/mol. The molecule has 0 unspecified atom stereocenters. The Morgan fingerprint density at radius 2 is 2.11 bits per heavy atom. The van der Waals surface area contributed by atoms with E-state index in [0.717, 1.165) is 0 Å². The van der Waals surface area contributed by atoms with Crippen LogP contribution in [0.1, 0.15) is 11.1 Å². The van der Waals surface area contributed by atoms with Crippen molar-refractivity contribution in [2.45, 2.75) is 13.5 Å². The van der Waals surface area contributed by atoms with Gasteiger partial charge in [-0.15, -0.1) is 0 Å². The van der Waals surface area contributed by atoms with Gasteiger partial charge >= 0.3 is 5.69 Å². The highest BCUT2D eigenvalue weighted by Gasteiger charge is 2.07. The molecule has 1 aromatic heterocycles. The fraction of sp³-hybridized carbons (Fsp3) is 0.167. The molecule has 94 valence electrons. The fourth-order valence-corrected chi connectivity index (χ4v) is 1.89. The van der Waals surface area contributed by atoms with Crippen molar-refractivity contribution in [2.24, 2.45) is 0 Å². The van der Waals surface area contributed by atoms with Gasteiger partial charge in [0.05, 0.1) is 6.54 Å². The third-order valence-electron chi connectivity index (χ3n) is 2.67. The fourth-order valence-electron chi connectivity index (χ4n) is 1.65. The molecule has 2 aromatic rings. The zero-order valence-electron chi connectivity index (χ0n) is 9.74. The Kier molecular flexibility index (Phi) is 3.25. The number of anilines is 1. The topological polar surface area (TPSA) is 80.9 Å². The Labute approximate surface area is 108 Å². The number of aryl methyl sites for hydroxylation is 1. The molecule has 0 spiro atoms. The smallest absolute Gasteiger partial charge is 0.328 e. The monoisotopic (exact) mass is 265 g/mol. The second kappa shape index (κ2) is 4.70. The molecule has 2 rings (SSSR count). The molecule has 0 saturated carbocycles. The maximum Gasteiger partial charge on any atom is 0.328 e. The van der Waals surface area contributed by atoms with E-state index in [1.54, 1.807) is 25.1 Å². The SMILES string of the molecule is Cc1cn(Cc2c(N)cccc2Cl)c(=O)[nH]c1=O. The normalized spacial score (nSPS) is 10.6. The molecule has 18 heavy (non-hydrogen) atoms. The van der Waals surface area contributed by atoms with Gasteiger partial charge in [-0.3, -0.25) is 14.3 Å². The van der Waals surface area contributed by atoms with Crippen molar-refractivity contribution in [3.05, 3.63) is 61.4 Å². The zero-order chi connectivity index (χ0) is 13.3. The molecule has 0 aliphatic carbocycles. The van der Waals surface area contributed by atoms with Gasteiger partial charge in [0.1, 0.15) is 0 Å². The second-order valence-electron chi connectivity index (χ2n) is 4.01. The van der Waals surface area contributed by atoms with Gasteiger partial charge in [-0.1, -0.05) is 17.7 Å². The number of aromatic amines is 1. The number of nitrogens with two attached hydrogens (primary N) is 1. The minimum atomic E-state index is -0.482. The molecule has 0 atom stereocenters. The average Bonchev–Trinajstić information content (AvgIpc) is 2.30. The maximum absolute atomic E-state index is 11.6. The summed E-state index contributed by atoms with van der Waals surface area (Å²) in [6.07, 6.45) is 1.49. The van der Waals surface area contributed by atoms with Crippen LogP contribution < -0.4 is 17.0 Å². The summed E-state index contributed by atoms with van der Waals surface area (Å²) >= 11 is 6.04. The lowest BCUT2D eigenvalue weighted by molar-refractivity contribution is 0.715. The number of hydrogen-bond donors (Lipinski definition) is 2. The predicted molar refractivity (Wildman–Crippen MR) is 71.0 cm³/mol.